The maximum Gasteiger partial charge on any atom is 0.138 e. The van der Waals surface area contributed by atoms with Crippen molar-refractivity contribution in [3.8, 4) is 0 Å². The van der Waals surface area contributed by atoms with Crippen LogP contribution in [0.1, 0.15) is 45.7 Å². The number of aryl methyl sites for hydroxylation is 2. The van der Waals surface area contributed by atoms with Crippen molar-refractivity contribution in [1.82, 2.24) is 0 Å². The van der Waals surface area contributed by atoms with Gasteiger partial charge in [-0.3, -0.25) is 0 Å². The van der Waals surface area contributed by atoms with Gasteiger partial charge in [-0.25, -0.2) is 8.78 Å². The topological polar surface area (TPSA) is 0 Å². The smallest absolute Gasteiger partial charge is 0.138 e. The molecule has 27 heavy (non-hydrogen) atoms. The van der Waals surface area contributed by atoms with Gasteiger partial charge < -0.3 is 0 Å². The zero-order chi connectivity index (χ0) is 20.1. The first-order valence-corrected chi connectivity index (χ1v) is 10.6. The molecule has 0 aromatic heterocycles. The molecule has 0 saturated carbocycles. The molecule has 0 nitrogen and oxygen atoms in total. The molecular formula is C24H28F2S. The summed E-state index contributed by atoms with van der Waals surface area (Å²) in [6, 6.07) is 10.3. The van der Waals surface area contributed by atoms with Gasteiger partial charge in [0.1, 0.15) is 11.6 Å². The Morgan fingerprint density at radius 1 is 0.667 bits per heavy atom. The summed E-state index contributed by atoms with van der Waals surface area (Å²) in [5.74, 6) is -0.902. The van der Waals surface area contributed by atoms with Crippen LogP contribution in [0.15, 0.2) is 68.5 Å². The van der Waals surface area contributed by atoms with Gasteiger partial charge in [-0.05, 0) is 87.8 Å². The number of hydrogen-bond acceptors (Lipinski definition) is 0. The predicted molar refractivity (Wildman–Crippen MR) is 113 cm³/mol. The molecule has 0 N–H and O–H groups in total. The average Bonchev–Trinajstić information content (AvgIpc) is 2.76. The Balaban J connectivity index is 2.45. The monoisotopic (exact) mass is 386 g/mol. The van der Waals surface area contributed by atoms with E-state index in [2.05, 4.69) is 34.6 Å². The summed E-state index contributed by atoms with van der Waals surface area (Å²) in [5, 5.41) is 0. The lowest BCUT2D eigenvalue weighted by molar-refractivity contribution is 0.538. The van der Waals surface area contributed by atoms with Crippen molar-refractivity contribution in [2.24, 2.45) is 0 Å². The Labute approximate surface area is 164 Å². The van der Waals surface area contributed by atoms with E-state index in [9.17, 15) is 0 Å². The average molecular weight is 387 g/mol. The van der Waals surface area contributed by atoms with E-state index >= 15 is 8.78 Å². The SMILES string of the molecule is CC1=C(C)C(C)([SH](c2c(C)cccc2C)c2c(F)cccc2F)C(C)=C1C. The molecular weight excluding hydrogens is 358 g/mol. The molecule has 0 amide bonds. The second kappa shape index (κ2) is 6.94. The quantitative estimate of drug-likeness (QED) is 0.520. The highest BCUT2D eigenvalue weighted by atomic mass is 32.2. The van der Waals surface area contributed by atoms with Crippen LogP contribution in [0.4, 0.5) is 8.78 Å². The van der Waals surface area contributed by atoms with Crippen molar-refractivity contribution in [3.63, 3.8) is 0 Å². The van der Waals surface area contributed by atoms with Crippen LogP contribution in [0.5, 0.6) is 0 Å². The standard InChI is InChI=1S/C24H28F2S/c1-14-10-8-11-15(2)22(14)27(23-20(25)12-9-13-21(23)26)24(7)18(5)16(3)17(4)19(24)6/h8-13,27H,1-7H3. The second-order valence-electron chi connectivity index (χ2n) is 7.72. The van der Waals surface area contributed by atoms with Crippen LogP contribution in [0.25, 0.3) is 0 Å². The molecule has 0 saturated heterocycles. The zero-order valence-corrected chi connectivity index (χ0v) is 18.1. The van der Waals surface area contributed by atoms with Gasteiger partial charge in [-0.2, -0.15) is 10.9 Å². The van der Waals surface area contributed by atoms with Gasteiger partial charge >= 0.3 is 0 Å². The van der Waals surface area contributed by atoms with Crippen molar-refractivity contribution in [1.29, 1.82) is 0 Å². The van der Waals surface area contributed by atoms with Gasteiger partial charge in [0.15, 0.2) is 0 Å². The molecule has 144 valence electrons. The van der Waals surface area contributed by atoms with Gasteiger partial charge in [0.05, 0.1) is 4.90 Å². The van der Waals surface area contributed by atoms with E-state index in [0.717, 1.165) is 16.0 Å². The van der Waals surface area contributed by atoms with Gasteiger partial charge in [-0.15, -0.1) is 0 Å². The molecule has 0 aliphatic heterocycles. The van der Waals surface area contributed by atoms with E-state index in [0.29, 0.717) is 0 Å². The van der Waals surface area contributed by atoms with E-state index in [1.807, 2.05) is 32.0 Å². The second-order valence-corrected chi connectivity index (χ2v) is 10.2. The van der Waals surface area contributed by atoms with E-state index in [1.54, 1.807) is 0 Å². The zero-order valence-electron chi connectivity index (χ0n) is 17.2. The first kappa shape index (κ1) is 19.9. The molecule has 1 atom stereocenters. The fraction of sp³-hybridized carbons (Fsp3) is 0.333. The molecule has 1 aliphatic rings. The van der Waals surface area contributed by atoms with Crippen LogP contribution in [0.3, 0.4) is 0 Å². The highest BCUT2D eigenvalue weighted by Gasteiger charge is 2.44. The lowest BCUT2D eigenvalue weighted by Crippen LogP contribution is -2.28. The molecule has 3 rings (SSSR count). The molecule has 0 spiro atoms. The van der Waals surface area contributed by atoms with Crippen molar-refractivity contribution < 1.29 is 8.78 Å². The minimum absolute atomic E-state index is 0.230. The summed E-state index contributed by atoms with van der Waals surface area (Å²) in [7, 11) is -1.32. The number of rotatable bonds is 3. The molecule has 1 unspecified atom stereocenters. The van der Waals surface area contributed by atoms with E-state index in [-0.39, 0.29) is 4.90 Å². The third-order valence-electron chi connectivity index (χ3n) is 6.42. The molecule has 0 bridgehead atoms. The minimum Gasteiger partial charge on any atom is -0.206 e. The molecule has 2 aromatic carbocycles. The Kier molecular flexibility index (Phi) is 5.11. The Hall–Kier alpha value is -1.87. The summed E-state index contributed by atoms with van der Waals surface area (Å²) in [4.78, 5) is 1.31. The Bertz CT molecular complexity index is 866. The van der Waals surface area contributed by atoms with Crippen LogP contribution < -0.4 is 0 Å². The highest BCUT2D eigenvalue weighted by Crippen LogP contribution is 2.65. The van der Waals surface area contributed by atoms with Crippen molar-refractivity contribution in [2.45, 2.75) is 63.0 Å². The fourth-order valence-corrected chi connectivity index (χ4v) is 7.88. The number of allylic oxidation sites excluding steroid dienone is 2. The molecule has 0 radical (unpaired) electrons. The number of benzene rings is 2. The lowest BCUT2D eigenvalue weighted by Gasteiger charge is -2.43. The van der Waals surface area contributed by atoms with Crippen molar-refractivity contribution >= 4 is 10.9 Å². The fourth-order valence-electron chi connectivity index (χ4n) is 4.33. The summed E-state index contributed by atoms with van der Waals surface area (Å²) >= 11 is 0. The van der Waals surface area contributed by atoms with Crippen molar-refractivity contribution in [3.05, 3.63) is 81.5 Å². The van der Waals surface area contributed by atoms with Gasteiger partial charge in [0.2, 0.25) is 0 Å². The minimum atomic E-state index is -1.32. The molecule has 2 aromatic rings. The number of halogens is 2. The Morgan fingerprint density at radius 3 is 1.52 bits per heavy atom. The van der Waals surface area contributed by atoms with E-state index < -0.39 is 27.3 Å². The Morgan fingerprint density at radius 2 is 1.07 bits per heavy atom. The van der Waals surface area contributed by atoms with Gasteiger partial charge in [-0.1, -0.05) is 35.4 Å². The van der Waals surface area contributed by atoms with E-state index in [4.69, 9.17) is 0 Å². The van der Waals surface area contributed by atoms with Crippen LogP contribution in [0, 0.1) is 25.5 Å². The van der Waals surface area contributed by atoms with E-state index in [1.165, 1.54) is 40.5 Å². The van der Waals surface area contributed by atoms with Crippen LogP contribution in [-0.4, -0.2) is 4.75 Å². The summed E-state index contributed by atoms with van der Waals surface area (Å²) in [5.41, 5.74) is 7.10. The third kappa shape index (κ3) is 2.87. The summed E-state index contributed by atoms with van der Waals surface area (Å²) in [6.45, 7) is 14.7. The molecule has 0 fully saturated rings. The molecule has 0 heterocycles. The molecule has 3 heteroatoms. The third-order valence-corrected chi connectivity index (χ3v) is 10.0. The molecule has 1 aliphatic carbocycles. The van der Waals surface area contributed by atoms with Gasteiger partial charge in [0.25, 0.3) is 0 Å². The maximum atomic E-state index is 15.1. The van der Waals surface area contributed by atoms with Crippen LogP contribution >= 0.6 is 10.9 Å². The first-order chi connectivity index (χ1) is 12.6. The summed E-state index contributed by atoms with van der Waals surface area (Å²) < 4.78 is 29.7. The van der Waals surface area contributed by atoms with Crippen molar-refractivity contribution in [2.75, 3.05) is 0 Å². The number of hydrogen-bond donors (Lipinski definition) is 1. The first-order valence-electron chi connectivity index (χ1n) is 9.29. The number of thiol groups is 1. The predicted octanol–water partition coefficient (Wildman–Crippen LogP) is 7.45. The highest BCUT2D eigenvalue weighted by molar-refractivity contribution is 8.18. The maximum absolute atomic E-state index is 15.1. The largest absolute Gasteiger partial charge is 0.206 e. The lowest BCUT2D eigenvalue weighted by atomic mass is 9.98. The summed E-state index contributed by atoms with van der Waals surface area (Å²) in [6.07, 6.45) is 0. The van der Waals surface area contributed by atoms with Crippen LogP contribution in [0.2, 0.25) is 0 Å². The van der Waals surface area contributed by atoms with Gasteiger partial charge in [0, 0.05) is 4.75 Å². The van der Waals surface area contributed by atoms with Crippen LogP contribution in [-0.2, 0) is 0 Å². The normalized spacial score (nSPS) is 18.3.